The second-order valence-electron chi connectivity index (χ2n) is 9.70. The number of nitrogens with zero attached hydrogens (tertiary/aromatic N) is 1. The van der Waals surface area contributed by atoms with Gasteiger partial charge in [-0.05, 0) is 43.9 Å². The molecule has 0 atom stereocenters. The van der Waals surface area contributed by atoms with Gasteiger partial charge in [0.2, 0.25) is 5.91 Å². The van der Waals surface area contributed by atoms with E-state index in [-0.39, 0.29) is 16.8 Å². The van der Waals surface area contributed by atoms with Crippen LogP contribution in [0.4, 0.5) is 5.69 Å². The average molecular weight is 506 g/mol. The molecule has 0 bridgehead atoms. The Balaban J connectivity index is 2.27. The molecule has 0 spiro atoms. The van der Waals surface area contributed by atoms with Gasteiger partial charge in [-0.2, -0.15) is 0 Å². The summed E-state index contributed by atoms with van der Waals surface area (Å²) in [4.78, 5) is 37.9. The van der Waals surface area contributed by atoms with E-state index in [1.54, 1.807) is 0 Å². The molecule has 5 nitrogen and oxygen atoms in total. The molecule has 198 valence electrons. The minimum Gasteiger partial charge on any atom is -0.480 e. The van der Waals surface area contributed by atoms with Crippen LogP contribution in [0, 0.1) is 20.8 Å². The fourth-order valence-electron chi connectivity index (χ4n) is 4.36. The maximum absolute atomic E-state index is 12.9. The molecular weight excluding hydrogens is 458 g/mol. The first-order valence-corrected chi connectivity index (χ1v) is 14.5. The van der Waals surface area contributed by atoms with Crippen LogP contribution in [-0.4, -0.2) is 34.4 Å². The van der Waals surface area contributed by atoms with Gasteiger partial charge in [-0.1, -0.05) is 108 Å². The lowest BCUT2D eigenvalue weighted by atomic mass is 10.0. The van der Waals surface area contributed by atoms with Crippen molar-refractivity contribution in [3.63, 3.8) is 0 Å². The second-order valence-corrected chi connectivity index (χ2v) is 10.7. The van der Waals surface area contributed by atoms with Gasteiger partial charge in [0.15, 0.2) is 5.12 Å². The summed E-state index contributed by atoms with van der Waals surface area (Å²) >= 11 is 1.01. The van der Waals surface area contributed by atoms with Crippen LogP contribution in [-0.2, 0) is 14.4 Å². The Bertz CT molecular complexity index is 793. The second kappa shape index (κ2) is 18.4. The summed E-state index contributed by atoms with van der Waals surface area (Å²) < 4.78 is 0. The Morgan fingerprint density at radius 2 is 1.26 bits per heavy atom. The molecule has 0 unspecified atom stereocenters. The molecule has 0 fully saturated rings. The van der Waals surface area contributed by atoms with Gasteiger partial charge < -0.3 is 5.11 Å². The highest BCUT2D eigenvalue weighted by Crippen LogP contribution is 2.28. The van der Waals surface area contributed by atoms with Crippen molar-refractivity contribution in [2.24, 2.45) is 0 Å². The number of unbranched alkanes of at least 4 members (excludes halogenated alkanes) is 12. The van der Waals surface area contributed by atoms with Gasteiger partial charge in [0.05, 0.1) is 11.4 Å². The van der Waals surface area contributed by atoms with E-state index < -0.39 is 12.5 Å². The Hall–Kier alpha value is -1.82. The van der Waals surface area contributed by atoms with Gasteiger partial charge in [0, 0.05) is 6.42 Å². The van der Waals surface area contributed by atoms with Crippen LogP contribution in [0.5, 0.6) is 0 Å². The highest BCUT2D eigenvalue weighted by Gasteiger charge is 2.23. The number of hydrogen-bond acceptors (Lipinski definition) is 4. The number of aliphatic carboxylic acids is 1. The van der Waals surface area contributed by atoms with Crippen LogP contribution < -0.4 is 4.90 Å². The Labute approximate surface area is 217 Å². The molecule has 1 amide bonds. The molecule has 1 aromatic carbocycles. The molecule has 6 heteroatoms. The zero-order chi connectivity index (χ0) is 26.1. The average Bonchev–Trinajstić information content (AvgIpc) is 2.82. The molecule has 0 saturated carbocycles. The number of hydrogen-bond donors (Lipinski definition) is 1. The molecule has 0 aliphatic heterocycles. The molecule has 0 radical (unpaired) electrons. The number of thioether (sulfide) groups is 1. The number of carbonyl (C=O) groups excluding carboxylic acids is 2. The number of carboxylic acid groups (broad SMARTS) is 1. The van der Waals surface area contributed by atoms with Crippen LogP contribution in [0.15, 0.2) is 12.1 Å². The Morgan fingerprint density at radius 1 is 0.771 bits per heavy atom. The number of amides is 1. The summed E-state index contributed by atoms with van der Waals surface area (Å²) in [5, 5.41) is 9.35. The summed E-state index contributed by atoms with van der Waals surface area (Å²) in [5.41, 5.74) is 3.38. The van der Waals surface area contributed by atoms with Crippen molar-refractivity contribution in [3.8, 4) is 0 Å². The molecule has 1 aromatic rings. The number of anilines is 1. The predicted octanol–water partition coefficient (Wildman–Crippen LogP) is 7.77. The number of rotatable bonds is 19. The summed E-state index contributed by atoms with van der Waals surface area (Å²) in [7, 11) is 0. The number of carbonyl (C=O) groups is 3. The van der Waals surface area contributed by atoms with Crippen molar-refractivity contribution in [1.29, 1.82) is 0 Å². The van der Waals surface area contributed by atoms with Crippen LogP contribution >= 0.6 is 11.8 Å². The molecule has 0 aliphatic carbocycles. The summed E-state index contributed by atoms with van der Waals surface area (Å²) in [6, 6.07) is 3.86. The lowest BCUT2D eigenvalue weighted by Gasteiger charge is -2.25. The van der Waals surface area contributed by atoms with Crippen molar-refractivity contribution in [2.45, 2.75) is 118 Å². The Morgan fingerprint density at radius 3 is 1.77 bits per heavy atom. The molecule has 0 aromatic heterocycles. The third kappa shape index (κ3) is 13.2. The summed E-state index contributed by atoms with van der Waals surface area (Å²) in [6.07, 6.45) is 16.9. The van der Waals surface area contributed by atoms with E-state index in [1.165, 1.54) is 69.1 Å². The zero-order valence-corrected chi connectivity index (χ0v) is 23.3. The molecule has 1 rings (SSSR count). The van der Waals surface area contributed by atoms with E-state index in [0.717, 1.165) is 47.7 Å². The highest BCUT2D eigenvalue weighted by molar-refractivity contribution is 8.14. The third-order valence-corrected chi connectivity index (χ3v) is 7.53. The van der Waals surface area contributed by atoms with Crippen molar-refractivity contribution < 1.29 is 19.5 Å². The van der Waals surface area contributed by atoms with Crippen molar-refractivity contribution in [1.82, 2.24) is 0 Å². The monoisotopic (exact) mass is 505 g/mol. The maximum Gasteiger partial charge on any atom is 0.323 e. The molecule has 1 N–H and O–H groups in total. The number of benzene rings is 1. The van der Waals surface area contributed by atoms with E-state index in [1.807, 2.05) is 32.9 Å². The standard InChI is InChI=1S/C29H47NO4S/c1-5-6-7-8-9-10-11-12-13-14-15-16-17-18-28(34)35-22-26(31)30(21-27(32)33)29-24(3)20-19-23(2)25(29)4/h19-20H,5-18,21-22H2,1-4H3,(H,32,33). The first kappa shape index (κ1) is 31.2. The fourth-order valence-corrected chi connectivity index (χ4v) is 5.09. The lowest BCUT2D eigenvalue weighted by Crippen LogP contribution is -2.38. The SMILES string of the molecule is CCCCCCCCCCCCCCCC(=O)SCC(=O)N(CC(=O)O)c1c(C)ccc(C)c1C. The smallest absolute Gasteiger partial charge is 0.323 e. The van der Waals surface area contributed by atoms with E-state index in [4.69, 9.17) is 0 Å². The third-order valence-electron chi connectivity index (χ3n) is 6.61. The first-order valence-electron chi connectivity index (χ1n) is 13.5. The molecular formula is C29H47NO4S. The predicted molar refractivity (Wildman–Crippen MR) is 148 cm³/mol. The maximum atomic E-state index is 12.9. The van der Waals surface area contributed by atoms with Gasteiger partial charge in [-0.15, -0.1) is 0 Å². The van der Waals surface area contributed by atoms with Crippen LogP contribution in [0.3, 0.4) is 0 Å². The largest absolute Gasteiger partial charge is 0.480 e. The van der Waals surface area contributed by atoms with Gasteiger partial charge in [-0.25, -0.2) is 0 Å². The molecule has 0 heterocycles. The van der Waals surface area contributed by atoms with Gasteiger partial charge >= 0.3 is 5.97 Å². The van der Waals surface area contributed by atoms with Crippen molar-refractivity contribution in [3.05, 3.63) is 28.8 Å². The summed E-state index contributed by atoms with van der Waals surface area (Å²) in [5.74, 6) is -1.44. The van der Waals surface area contributed by atoms with E-state index >= 15 is 0 Å². The fraction of sp³-hybridized carbons (Fsp3) is 0.690. The molecule has 35 heavy (non-hydrogen) atoms. The number of aryl methyl sites for hydroxylation is 2. The van der Waals surface area contributed by atoms with Gasteiger partial charge in [-0.3, -0.25) is 19.3 Å². The van der Waals surface area contributed by atoms with Crippen LogP contribution in [0.1, 0.15) is 114 Å². The summed E-state index contributed by atoms with van der Waals surface area (Å²) in [6.45, 7) is 7.55. The zero-order valence-electron chi connectivity index (χ0n) is 22.5. The first-order chi connectivity index (χ1) is 16.8. The molecule has 0 saturated heterocycles. The van der Waals surface area contributed by atoms with E-state index in [9.17, 15) is 19.5 Å². The van der Waals surface area contributed by atoms with Crippen LogP contribution in [0.25, 0.3) is 0 Å². The minimum absolute atomic E-state index is 0.00869. The quantitative estimate of drug-likeness (QED) is 0.194. The minimum atomic E-state index is -1.07. The highest BCUT2D eigenvalue weighted by atomic mass is 32.2. The van der Waals surface area contributed by atoms with Gasteiger partial charge in [0.25, 0.3) is 0 Å². The lowest BCUT2D eigenvalue weighted by molar-refractivity contribution is -0.136. The van der Waals surface area contributed by atoms with Crippen LogP contribution in [0.2, 0.25) is 0 Å². The Kier molecular flexibility index (Phi) is 16.5. The van der Waals surface area contributed by atoms with Crippen molar-refractivity contribution >= 4 is 34.4 Å². The van der Waals surface area contributed by atoms with E-state index in [2.05, 4.69) is 6.92 Å². The van der Waals surface area contributed by atoms with Gasteiger partial charge in [0.1, 0.15) is 6.54 Å². The number of carboxylic acids is 1. The van der Waals surface area contributed by atoms with E-state index in [0.29, 0.717) is 12.1 Å². The molecule has 0 aliphatic rings. The van der Waals surface area contributed by atoms with Crippen molar-refractivity contribution in [2.75, 3.05) is 17.2 Å². The topological polar surface area (TPSA) is 74.7 Å². The normalized spacial score (nSPS) is 11.0.